The first kappa shape index (κ1) is 11.3. The Kier molecular flexibility index (Phi) is 3.10. The minimum atomic E-state index is 0.482. The van der Waals surface area contributed by atoms with Crippen molar-refractivity contribution in [2.24, 2.45) is 20.3 Å². The summed E-state index contributed by atoms with van der Waals surface area (Å²) in [5.74, 6) is 1.03. The lowest BCUT2D eigenvalue weighted by atomic mass is 10.3. The molecule has 0 fully saturated rings. The van der Waals surface area contributed by atoms with Crippen LogP contribution in [0, 0.1) is 0 Å². The molecule has 0 aromatic heterocycles. The lowest BCUT2D eigenvalue weighted by Crippen LogP contribution is -2.18. The SMILES string of the molecule is c1ccc(N=C2N=NNC2=Nc2ccccc2)cc1. The van der Waals surface area contributed by atoms with Crippen molar-refractivity contribution in [3.8, 4) is 0 Å². The van der Waals surface area contributed by atoms with Gasteiger partial charge in [-0.3, -0.25) is 0 Å². The summed E-state index contributed by atoms with van der Waals surface area (Å²) < 4.78 is 0. The molecule has 0 unspecified atom stereocenters. The highest BCUT2D eigenvalue weighted by atomic mass is 15.5. The van der Waals surface area contributed by atoms with E-state index in [0.717, 1.165) is 11.4 Å². The van der Waals surface area contributed by atoms with Crippen molar-refractivity contribution >= 4 is 23.0 Å². The Hall–Kier alpha value is -2.82. The van der Waals surface area contributed by atoms with Crippen molar-refractivity contribution in [3.63, 3.8) is 0 Å². The Morgan fingerprint density at radius 3 is 1.95 bits per heavy atom. The zero-order valence-electron chi connectivity index (χ0n) is 10.1. The number of amidine groups is 2. The Labute approximate surface area is 110 Å². The summed E-state index contributed by atoms with van der Waals surface area (Å²) in [6, 6.07) is 19.2. The second-order valence-corrected chi connectivity index (χ2v) is 3.88. The van der Waals surface area contributed by atoms with Crippen LogP contribution in [0.15, 0.2) is 81.0 Å². The van der Waals surface area contributed by atoms with E-state index in [2.05, 4.69) is 25.7 Å². The summed E-state index contributed by atoms with van der Waals surface area (Å²) in [7, 11) is 0. The topological polar surface area (TPSA) is 61.5 Å². The molecule has 1 heterocycles. The predicted molar refractivity (Wildman–Crippen MR) is 75.1 cm³/mol. The number of rotatable bonds is 2. The van der Waals surface area contributed by atoms with Gasteiger partial charge in [0.15, 0.2) is 5.84 Å². The summed E-state index contributed by atoms with van der Waals surface area (Å²) in [5, 5.41) is 7.69. The fourth-order valence-electron chi connectivity index (χ4n) is 1.62. The third-order valence-corrected chi connectivity index (χ3v) is 2.50. The van der Waals surface area contributed by atoms with E-state index in [4.69, 9.17) is 0 Å². The molecule has 0 amide bonds. The number of para-hydroxylation sites is 2. The van der Waals surface area contributed by atoms with Crippen LogP contribution in [-0.2, 0) is 0 Å². The number of aliphatic imine (C=N–C) groups is 2. The maximum Gasteiger partial charge on any atom is 0.221 e. The average molecular weight is 249 g/mol. The fourth-order valence-corrected chi connectivity index (χ4v) is 1.62. The quantitative estimate of drug-likeness (QED) is 0.870. The monoisotopic (exact) mass is 249 g/mol. The number of nitrogens with one attached hydrogen (secondary N) is 1. The molecule has 0 spiro atoms. The summed E-state index contributed by atoms with van der Waals surface area (Å²) in [5.41, 5.74) is 4.40. The van der Waals surface area contributed by atoms with Crippen molar-refractivity contribution in [2.45, 2.75) is 0 Å². The molecule has 3 rings (SSSR count). The molecule has 1 aliphatic rings. The molecule has 92 valence electrons. The first-order valence-corrected chi connectivity index (χ1v) is 5.86. The smallest absolute Gasteiger partial charge is 0.221 e. The summed E-state index contributed by atoms with van der Waals surface area (Å²) in [6.45, 7) is 0. The van der Waals surface area contributed by atoms with E-state index < -0.39 is 0 Å². The van der Waals surface area contributed by atoms with Gasteiger partial charge in [-0.25, -0.2) is 15.4 Å². The van der Waals surface area contributed by atoms with Crippen molar-refractivity contribution in [3.05, 3.63) is 60.7 Å². The Morgan fingerprint density at radius 2 is 1.32 bits per heavy atom. The molecule has 5 heteroatoms. The van der Waals surface area contributed by atoms with Crippen molar-refractivity contribution in [1.82, 2.24) is 5.43 Å². The van der Waals surface area contributed by atoms with E-state index in [1.807, 2.05) is 60.7 Å². The molecule has 1 N–H and O–H groups in total. The molecule has 2 aromatic carbocycles. The van der Waals surface area contributed by atoms with Gasteiger partial charge in [-0.05, 0) is 24.3 Å². The van der Waals surface area contributed by atoms with Crippen molar-refractivity contribution in [1.29, 1.82) is 0 Å². The second-order valence-electron chi connectivity index (χ2n) is 3.88. The molecular formula is C14H11N5. The van der Waals surface area contributed by atoms with E-state index >= 15 is 0 Å². The molecule has 0 saturated heterocycles. The molecule has 1 aliphatic heterocycles. The number of nitrogens with zero attached hydrogens (tertiary/aromatic N) is 4. The van der Waals surface area contributed by atoms with Gasteiger partial charge in [0, 0.05) is 0 Å². The van der Waals surface area contributed by atoms with E-state index in [0.29, 0.717) is 11.7 Å². The van der Waals surface area contributed by atoms with Gasteiger partial charge in [-0.1, -0.05) is 41.6 Å². The van der Waals surface area contributed by atoms with Gasteiger partial charge in [0.05, 0.1) is 11.4 Å². The van der Waals surface area contributed by atoms with Crippen LogP contribution in [0.3, 0.4) is 0 Å². The normalized spacial score (nSPS) is 17.9. The van der Waals surface area contributed by atoms with Crippen LogP contribution in [0.25, 0.3) is 0 Å². The first-order valence-electron chi connectivity index (χ1n) is 5.86. The number of hydrogen-bond acceptors (Lipinski definition) is 3. The van der Waals surface area contributed by atoms with Crippen molar-refractivity contribution < 1.29 is 0 Å². The third kappa shape index (κ3) is 2.71. The molecule has 0 atom stereocenters. The van der Waals surface area contributed by atoms with Crippen LogP contribution in [0.4, 0.5) is 11.4 Å². The van der Waals surface area contributed by atoms with Gasteiger partial charge in [0.2, 0.25) is 5.84 Å². The van der Waals surface area contributed by atoms with Gasteiger partial charge in [-0.15, -0.1) is 5.11 Å². The van der Waals surface area contributed by atoms with E-state index in [-0.39, 0.29) is 0 Å². The van der Waals surface area contributed by atoms with Crippen LogP contribution in [0.1, 0.15) is 0 Å². The zero-order valence-corrected chi connectivity index (χ0v) is 10.1. The van der Waals surface area contributed by atoms with Gasteiger partial charge in [0.1, 0.15) is 0 Å². The molecular weight excluding hydrogens is 238 g/mol. The van der Waals surface area contributed by atoms with Crippen LogP contribution in [-0.4, -0.2) is 11.7 Å². The third-order valence-electron chi connectivity index (χ3n) is 2.50. The van der Waals surface area contributed by atoms with Gasteiger partial charge < -0.3 is 0 Å². The lowest BCUT2D eigenvalue weighted by Gasteiger charge is -1.98. The Morgan fingerprint density at radius 1 is 0.737 bits per heavy atom. The fraction of sp³-hybridized carbons (Fsp3) is 0. The zero-order chi connectivity index (χ0) is 12.9. The lowest BCUT2D eigenvalue weighted by molar-refractivity contribution is 0.978. The molecule has 0 radical (unpaired) electrons. The molecule has 0 aliphatic carbocycles. The van der Waals surface area contributed by atoms with E-state index in [1.54, 1.807) is 0 Å². The highest BCUT2D eigenvalue weighted by molar-refractivity contribution is 6.42. The first-order chi connectivity index (χ1) is 9.42. The highest BCUT2D eigenvalue weighted by Crippen LogP contribution is 2.15. The molecule has 19 heavy (non-hydrogen) atoms. The minimum absolute atomic E-state index is 0.482. The summed E-state index contributed by atoms with van der Waals surface area (Å²) in [6.07, 6.45) is 0. The minimum Gasteiger partial charge on any atom is -0.239 e. The predicted octanol–water partition coefficient (Wildman–Crippen LogP) is 3.42. The summed E-state index contributed by atoms with van der Waals surface area (Å²) in [4.78, 5) is 8.82. The van der Waals surface area contributed by atoms with Crippen LogP contribution in [0.2, 0.25) is 0 Å². The Bertz CT molecular complexity index is 644. The van der Waals surface area contributed by atoms with Gasteiger partial charge in [-0.2, -0.15) is 0 Å². The molecule has 0 saturated carbocycles. The maximum absolute atomic E-state index is 4.42. The van der Waals surface area contributed by atoms with Crippen LogP contribution >= 0.6 is 0 Å². The van der Waals surface area contributed by atoms with E-state index in [9.17, 15) is 0 Å². The summed E-state index contributed by atoms with van der Waals surface area (Å²) >= 11 is 0. The standard InChI is InChI=1S/C14H11N5/c1-3-7-11(8-4-1)15-13-14(18-19-17-13)16-12-9-5-2-6-10-12/h1-10H,(H,15,16,17,18). The number of hydrogen-bond donors (Lipinski definition) is 1. The number of benzene rings is 2. The average Bonchev–Trinajstić information content (AvgIpc) is 2.88. The molecule has 5 nitrogen and oxygen atoms in total. The Balaban J connectivity index is 1.92. The largest absolute Gasteiger partial charge is 0.239 e. The molecule has 0 bridgehead atoms. The second kappa shape index (κ2) is 5.22. The van der Waals surface area contributed by atoms with Gasteiger partial charge >= 0.3 is 0 Å². The van der Waals surface area contributed by atoms with Gasteiger partial charge in [0.25, 0.3) is 0 Å². The maximum atomic E-state index is 4.42. The van der Waals surface area contributed by atoms with Crippen molar-refractivity contribution in [2.75, 3.05) is 0 Å². The van der Waals surface area contributed by atoms with E-state index in [1.165, 1.54) is 0 Å². The van der Waals surface area contributed by atoms with Crippen LogP contribution in [0.5, 0.6) is 0 Å². The highest BCUT2D eigenvalue weighted by Gasteiger charge is 2.14. The molecule has 2 aromatic rings. The van der Waals surface area contributed by atoms with Crippen LogP contribution < -0.4 is 5.43 Å².